The molecule has 3 saturated carbocycles. The van der Waals surface area contributed by atoms with Gasteiger partial charge in [0.05, 0.1) is 24.5 Å². The number of H-pyrrole nitrogens is 1. The number of anilines is 1. The first-order valence-corrected chi connectivity index (χ1v) is 10.7. The molecule has 10 nitrogen and oxygen atoms in total. The maximum absolute atomic E-state index is 12.3. The third-order valence-corrected chi connectivity index (χ3v) is 6.35. The number of carbonyl (C=O) groups is 1. The maximum atomic E-state index is 12.3. The van der Waals surface area contributed by atoms with Crippen LogP contribution in [-0.4, -0.2) is 57.4 Å². The van der Waals surface area contributed by atoms with E-state index in [0.29, 0.717) is 25.4 Å². The smallest absolute Gasteiger partial charge is 0.407 e. The molecule has 1 aliphatic heterocycles. The van der Waals surface area contributed by atoms with Gasteiger partial charge in [-0.2, -0.15) is 5.10 Å². The molecule has 174 valence electrons. The molecule has 3 N–H and O–H groups in total. The molecule has 1 saturated heterocycles. The van der Waals surface area contributed by atoms with Crippen molar-refractivity contribution < 1.29 is 27.8 Å². The van der Waals surface area contributed by atoms with Crippen LogP contribution in [0.5, 0.6) is 5.88 Å². The summed E-state index contributed by atoms with van der Waals surface area (Å²) in [7, 11) is 1.71. The fraction of sp³-hybridized carbons (Fsp3) is 0.650. The molecule has 2 aromatic rings. The molecule has 0 spiro atoms. The number of aromatic amines is 1. The summed E-state index contributed by atoms with van der Waals surface area (Å²) in [6, 6.07) is 3.43. The van der Waals surface area contributed by atoms with Gasteiger partial charge in [0.15, 0.2) is 6.61 Å². The number of ether oxygens (including phenoxy) is 3. The normalized spacial score (nSPS) is 28.2. The number of rotatable bonds is 9. The summed E-state index contributed by atoms with van der Waals surface area (Å²) < 4.78 is 42.4. The van der Waals surface area contributed by atoms with Gasteiger partial charge in [-0.25, -0.2) is 13.6 Å². The van der Waals surface area contributed by atoms with E-state index in [1.54, 1.807) is 17.8 Å². The Labute approximate surface area is 183 Å². The van der Waals surface area contributed by atoms with E-state index in [9.17, 15) is 13.6 Å². The van der Waals surface area contributed by atoms with Gasteiger partial charge in [0.2, 0.25) is 5.88 Å². The molecule has 0 aromatic carbocycles. The van der Waals surface area contributed by atoms with Crippen LogP contribution in [0.3, 0.4) is 0 Å². The average molecular weight is 452 g/mol. The van der Waals surface area contributed by atoms with Gasteiger partial charge in [0.25, 0.3) is 6.43 Å². The second kappa shape index (κ2) is 8.23. The van der Waals surface area contributed by atoms with Gasteiger partial charge >= 0.3 is 6.09 Å². The van der Waals surface area contributed by atoms with E-state index >= 15 is 0 Å². The summed E-state index contributed by atoms with van der Waals surface area (Å²) >= 11 is 0. The van der Waals surface area contributed by atoms with Crippen LogP contribution in [0, 0.1) is 5.92 Å². The van der Waals surface area contributed by atoms with Crippen LogP contribution in [0.15, 0.2) is 12.1 Å². The van der Waals surface area contributed by atoms with E-state index < -0.39 is 13.0 Å². The number of nitrogens with zero attached hydrogens (tertiary/aromatic N) is 3. The monoisotopic (exact) mass is 452 g/mol. The van der Waals surface area contributed by atoms with E-state index in [2.05, 4.69) is 25.9 Å². The molecule has 32 heavy (non-hydrogen) atoms. The number of nitrogens with one attached hydrogen (secondary N) is 3. The van der Waals surface area contributed by atoms with Crippen molar-refractivity contribution in [2.24, 2.45) is 13.0 Å². The molecule has 4 aliphatic rings. The van der Waals surface area contributed by atoms with E-state index in [1.165, 1.54) is 0 Å². The summed E-state index contributed by atoms with van der Waals surface area (Å²) in [4.78, 5) is 12.1. The number of halogens is 2. The lowest BCUT2D eigenvalue weighted by Crippen LogP contribution is -2.68. The zero-order chi connectivity index (χ0) is 22.3. The minimum Gasteiger partial charge on any atom is -0.471 e. The van der Waals surface area contributed by atoms with Crippen molar-refractivity contribution in [1.29, 1.82) is 0 Å². The summed E-state index contributed by atoms with van der Waals surface area (Å²) in [5, 5.41) is 17.4. The Morgan fingerprint density at radius 3 is 2.94 bits per heavy atom. The highest BCUT2D eigenvalue weighted by Gasteiger charge is 2.57. The Morgan fingerprint density at radius 1 is 1.41 bits per heavy atom. The van der Waals surface area contributed by atoms with Crippen molar-refractivity contribution in [2.45, 2.75) is 56.4 Å². The largest absolute Gasteiger partial charge is 0.471 e. The van der Waals surface area contributed by atoms with Crippen molar-refractivity contribution in [2.75, 3.05) is 18.5 Å². The van der Waals surface area contributed by atoms with Crippen LogP contribution in [0.25, 0.3) is 0 Å². The number of aryl methyl sites for hydroxylation is 1. The Kier molecular flexibility index (Phi) is 5.39. The summed E-state index contributed by atoms with van der Waals surface area (Å²) in [6.07, 6.45) is 0.307. The fourth-order valence-electron chi connectivity index (χ4n) is 4.56. The van der Waals surface area contributed by atoms with Gasteiger partial charge in [0.1, 0.15) is 18.0 Å². The van der Waals surface area contributed by atoms with E-state index in [4.69, 9.17) is 14.2 Å². The molecule has 4 fully saturated rings. The third kappa shape index (κ3) is 4.36. The molecule has 2 atom stereocenters. The van der Waals surface area contributed by atoms with Gasteiger partial charge in [-0.15, -0.1) is 5.10 Å². The van der Waals surface area contributed by atoms with E-state index in [1.807, 2.05) is 6.07 Å². The quantitative estimate of drug-likeness (QED) is 0.535. The Morgan fingerprint density at radius 2 is 2.22 bits per heavy atom. The van der Waals surface area contributed by atoms with Crippen molar-refractivity contribution >= 4 is 11.9 Å². The Balaban J connectivity index is 1.08. The first-order chi connectivity index (χ1) is 15.4. The van der Waals surface area contributed by atoms with Crippen LogP contribution < -0.4 is 15.4 Å². The highest BCUT2D eigenvalue weighted by Crippen LogP contribution is 2.56. The predicted molar refractivity (Wildman–Crippen MR) is 107 cm³/mol. The number of alkyl carbamates (subject to hydrolysis) is 1. The van der Waals surface area contributed by atoms with Gasteiger partial charge in [-0.3, -0.25) is 9.78 Å². The molecular weight excluding hydrogens is 426 g/mol. The summed E-state index contributed by atoms with van der Waals surface area (Å²) in [5.41, 5.74) is 1.53. The minimum absolute atomic E-state index is 0.00572. The first kappa shape index (κ1) is 21.0. The Hall–Kier alpha value is -2.89. The predicted octanol–water partition coefficient (Wildman–Crippen LogP) is 2.51. The second-order valence-corrected chi connectivity index (χ2v) is 8.83. The van der Waals surface area contributed by atoms with Crippen molar-refractivity contribution in [3.63, 3.8) is 0 Å². The van der Waals surface area contributed by atoms with Gasteiger partial charge in [-0.05, 0) is 25.2 Å². The van der Waals surface area contributed by atoms with Gasteiger partial charge in [0, 0.05) is 31.1 Å². The number of hydrogen-bond acceptors (Lipinski definition) is 7. The lowest BCUT2D eigenvalue weighted by atomic mass is 9.50. The van der Waals surface area contributed by atoms with Crippen LogP contribution in [0.1, 0.15) is 43.2 Å². The molecule has 2 aromatic heterocycles. The number of carbonyl (C=O) groups excluding carboxylic acids is 1. The highest BCUT2D eigenvalue weighted by atomic mass is 19.3. The minimum atomic E-state index is -2.55. The first-order valence-electron chi connectivity index (χ1n) is 10.7. The van der Waals surface area contributed by atoms with Gasteiger partial charge < -0.3 is 24.8 Å². The van der Waals surface area contributed by atoms with E-state index in [0.717, 1.165) is 36.6 Å². The van der Waals surface area contributed by atoms with Crippen molar-refractivity contribution in [3.8, 4) is 5.88 Å². The SMILES string of the molecule is Cn1nc(OCC(F)F)cc1CNc1cc([C@H]2C[C@@H](OC(=O)NC34CC(C3)C4)CO2)[nH]n1. The van der Waals surface area contributed by atoms with E-state index in [-0.39, 0.29) is 29.7 Å². The number of amides is 1. The maximum Gasteiger partial charge on any atom is 0.407 e. The molecule has 6 rings (SSSR count). The van der Waals surface area contributed by atoms with Crippen LogP contribution in [0.2, 0.25) is 0 Å². The lowest BCUT2D eigenvalue weighted by Gasteiger charge is -2.61. The number of aromatic nitrogens is 4. The zero-order valence-corrected chi connectivity index (χ0v) is 17.6. The molecule has 3 aliphatic carbocycles. The van der Waals surface area contributed by atoms with Crippen LogP contribution >= 0.6 is 0 Å². The lowest BCUT2D eigenvalue weighted by molar-refractivity contribution is -0.0510. The molecule has 0 unspecified atom stereocenters. The standard InChI is InChI=1S/C20H26F2N6O4/c1-28-12(2-18(27-28)31-10-16(21)22)8-23-17-4-14(25-26-17)15-3-13(9-30-15)32-19(29)24-20-5-11(6-20)7-20/h2,4,11,13,15-16H,3,5-10H2,1H3,(H,24,29)(H2,23,25,26)/t11?,13-,15-,20?/m1/s1. The zero-order valence-electron chi connectivity index (χ0n) is 17.6. The average Bonchev–Trinajstić information content (AvgIpc) is 3.40. The number of hydrogen-bond donors (Lipinski definition) is 3. The summed E-state index contributed by atoms with van der Waals surface area (Å²) in [5.74, 6) is 1.54. The van der Waals surface area contributed by atoms with Crippen LogP contribution in [-0.2, 0) is 23.1 Å². The molecule has 0 radical (unpaired) electrons. The van der Waals surface area contributed by atoms with Crippen LogP contribution in [0.4, 0.5) is 19.4 Å². The topological polar surface area (TPSA) is 115 Å². The second-order valence-electron chi connectivity index (χ2n) is 8.83. The molecule has 1 amide bonds. The van der Waals surface area contributed by atoms with Gasteiger partial charge in [-0.1, -0.05) is 0 Å². The molecule has 3 heterocycles. The Bertz CT molecular complexity index is 962. The molecule has 2 bridgehead atoms. The fourth-order valence-corrected chi connectivity index (χ4v) is 4.56. The summed E-state index contributed by atoms with van der Waals surface area (Å²) in [6.45, 7) is 0.0273. The number of alkyl halides is 2. The van der Waals surface area contributed by atoms with Crippen molar-refractivity contribution in [3.05, 3.63) is 23.5 Å². The third-order valence-electron chi connectivity index (χ3n) is 6.35. The van der Waals surface area contributed by atoms with Crippen molar-refractivity contribution in [1.82, 2.24) is 25.3 Å². The highest BCUT2D eigenvalue weighted by molar-refractivity contribution is 5.69. The molecule has 12 heteroatoms. The molecular formula is C20H26F2N6O4.